The van der Waals surface area contributed by atoms with Gasteiger partial charge < -0.3 is 10.1 Å². The summed E-state index contributed by atoms with van der Waals surface area (Å²) in [6.07, 6.45) is 0. The van der Waals surface area contributed by atoms with E-state index >= 15 is 0 Å². The molecule has 2 N–H and O–H groups in total. The number of carbonyl (C=O) groups is 3. The highest BCUT2D eigenvalue weighted by molar-refractivity contribution is 5.97. The fourth-order valence-corrected chi connectivity index (χ4v) is 2.15. The van der Waals surface area contributed by atoms with E-state index in [0.29, 0.717) is 12.1 Å². The Bertz CT molecular complexity index is 772. The summed E-state index contributed by atoms with van der Waals surface area (Å²) in [5.41, 5.74) is 2.99. The third-order valence-electron chi connectivity index (χ3n) is 3.50. The van der Waals surface area contributed by atoms with Crippen molar-refractivity contribution < 1.29 is 19.1 Å². The largest absolute Gasteiger partial charge is 0.452 e. The third-order valence-corrected chi connectivity index (χ3v) is 3.50. The van der Waals surface area contributed by atoms with E-state index in [1.807, 2.05) is 49.4 Å². The third kappa shape index (κ3) is 5.76. The zero-order chi connectivity index (χ0) is 18.2. The molecule has 3 amide bonds. The van der Waals surface area contributed by atoms with Crippen LogP contribution in [0.15, 0.2) is 48.5 Å². The van der Waals surface area contributed by atoms with Crippen LogP contribution >= 0.6 is 0 Å². The maximum absolute atomic E-state index is 12.0. The minimum Gasteiger partial charge on any atom is -0.452 e. The van der Waals surface area contributed by atoms with Crippen molar-refractivity contribution in [3.05, 3.63) is 70.8 Å². The molecule has 0 saturated carbocycles. The molecule has 0 atom stereocenters. The molecule has 2 aromatic carbocycles. The molecule has 2 rings (SSSR count). The van der Waals surface area contributed by atoms with Crippen LogP contribution in [-0.4, -0.2) is 24.5 Å². The normalized spacial score (nSPS) is 10.0. The smallest absolute Gasteiger partial charge is 0.338 e. The second-order valence-corrected chi connectivity index (χ2v) is 5.61. The van der Waals surface area contributed by atoms with Crippen molar-refractivity contribution in [1.82, 2.24) is 10.6 Å². The average Bonchev–Trinajstić information content (AvgIpc) is 2.61. The molecule has 0 unspecified atom stereocenters. The molecule has 25 heavy (non-hydrogen) atoms. The molecular weight excluding hydrogens is 320 g/mol. The number of hydrogen-bond donors (Lipinski definition) is 2. The maximum atomic E-state index is 12.0. The highest BCUT2D eigenvalue weighted by Gasteiger charge is 2.14. The average molecular weight is 340 g/mol. The van der Waals surface area contributed by atoms with Crippen molar-refractivity contribution in [3.63, 3.8) is 0 Å². The predicted molar refractivity (Wildman–Crippen MR) is 93.0 cm³/mol. The van der Waals surface area contributed by atoms with Gasteiger partial charge in [0.05, 0.1) is 5.56 Å². The number of imide groups is 1. The van der Waals surface area contributed by atoms with Crippen molar-refractivity contribution in [1.29, 1.82) is 0 Å². The van der Waals surface area contributed by atoms with Crippen LogP contribution < -0.4 is 10.6 Å². The van der Waals surface area contributed by atoms with Crippen molar-refractivity contribution in [2.24, 2.45) is 0 Å². The first-order valence-corrected chi connectivity index (χ1v) is 7.81. The van der Waals surface area contributed by atoms with Gasteiger partial charge in [0.15, 0.2) is 6.61 Å². The highest BCUT2D eigenvalue weighted by Crippen LogP contribution is 2.11. The number of benzene rings is 2. The van der Waals surface area contributed by atoms with Gasteiger partial charge in [-0.15, -0.1) is 0 Å². The lowest BCUT2D eigenvalue weighted by atomic mass is 10.1. The first kappa shape index (κ1) is 18.2. The van der Waals surface area contributed by atoms with Gasteiger partial charge in [-0.25, -0.2) is 9.59 Å². The molecule has 0 radical (unpaired) electrons. The number of hydrogen-bond acceptors (Lipinski definition) is 4. The van der Waals surface area contributed by atoms with E-state index in [-0.39, 0.29) is 0 Å². The number of nitrogens with one attached hydrogen (secondary N) is 2. The highest BCUT2D eigenvalue weighted by atomic mass is 16.5. The Morgan fingerprint density at radius 3 is 2.44 bits per heavy atom. The van der Waals surface area contributed by atoms with E-state index in [0.717, 1.165) is 16.7 Å². The van der Waals surface area contributed by atoms with Gasteiger partial charge in [-0.1, -0.05) is 48.0 Å². The number of carbonyl (C=O) groups excluding carboxylic acids is 3. The van der Waals surface area contributed by atoms with Crippen LogP contribution in [0.2, 0.25) is 0 Å². The minimum absolute atomic E-state index is 0.294. The molecule has 0 fully saturated rings. The Balaban J connectivity index is 1.77. The van der Waals surface area contributed by atoms with Crippen molar-refractivity contribution in [2.45, 2.75) is 20.4 Å². The molecule has 0 heterocycles. The van der Waals surface area contributed by atoms with Gasteiger partial charge in [0.2, 0.25) is 0 Å². The van der Waals surface area contributed by atoms with Crippen LogP contribution in [0.25, 0.3) is 0 Å². The lowest BCUT2D eigenvalue weighted by Crippen LogP contribution is -2.41. The van der Waals surface area contributed by atoms with Crippen LogP contribution in [0, 0.1) is 13.8 Å². The van der Waals surface area contributed by atoms with Crippen LogP contribution in [0.4, 0.5) is 4.79 Å². The molecular formula is C19H20N2O4. The Kier molecular flexibility index (Phi) is 6.28. The Hall–Kier alpha value is -3.15. The lowest BCUT2D eigenvalue weighted by Gasteiger charge is -2.09. The van der Waals surface area contributed by atoms with Gasteiger partial charge in [0.25, 0.3) is 5.91 Å². The number of rotatable bonds is 5. The summed E-state index contributed by atoms with van der Waals surface area (Å²) >= 11 is 0. The van der Waals surface area contributed by atoms with E-state index in [2.05, 4.69) is 10.6 Å². The van der Waals surface area contributed by atoms with Gasteiger partial charge in [-0.05, 0) is 31.0 Å². The lowest BCUT2D eigenvalue weighted by molar-refractivity contribution is -0.123. The molecule has 2 aromatic rings. The molecule has 0 aliphatic carbocycles. The summed E-state index contributed by atoms with van der Waals surface area (Å²) in [4.78, 5) is 35.4. The summed E-state index contributed by atoms with van der Waals surface area (Å²) in [6.45, 7) is 3.42. The fourth-order valence-electron chi connectivity index (χ4n) is 2.15. The molecule has 0 aliphatic rings. The van der Waals surface area contributed by atoms with Gasteiger partial charge in [0, 0.05) is 6.54 Å². The van der Waals surface area contributed by atoms with E-state index < -0.39 is 24.5 Å². The molecule has 6 nitrogen and oxygen atoms in total. The first-order valence-electron chi connectivity index (χ1n) is 7.81. The molecule has 0 saturated heterocycles. The minimum atomic E-state index is -0.691. The second-order valence-electron chi connectivity index (χ2n) is 5.61. The van der Waals surface area contributed by atoms with Crippen LogP contribution in [-0.2, 0) is 16.1 Å². The standard InChI is InChI=1S/C19H20N2O4/c1-13-8-9-14(2)16(10-13)18(23)25-12-17(22)21-19(24)20-11-15-6-4-3-5-7-15/h3-10H,11-12H2,1-2H3,(H2,20,21,22,24). The zero-order valence-corrected chi connectivity index (χ0v) is 14.2. The van der Waals surface area contributed by atoms with Gasteiger partial charge in [0.1, 0.15) is 0 Å². The SMILES string of the molecule is Cc1ccc(C)c(C(=O)OCC(=O)NC(=O)NCc2ccccc2)c1. The number of aryl methyl sites for hydroxylation is 2. The molecule has 0 bridgehead atoms. The summed E-state index contributed by atoms with van der Waals surface area (Å²) in [6, 6.07) is 14.0. The molecule has 0 spiro atoms. The summed E-state index contributed by atoms with van der Waals surface area (Å²) in [5.74, 6) is -1.29. The Labute approximate surface area is 146 Å². The van der Waals surface area contributed by atoms with Gasteiger partial charge >= 0.3 is 12.0 Å². The maximum Gasteiger partial charge on any atom is 0.338 e. The Morgan fingerprint density at radius 2 is 1.72 bits per heavy atom. The molecule has 130 valence electrons. The number of amides is 3. The van der Waals surface area contributed by atoms with E-state index in [1.54, 1.807) is 13.0 Å². The molecule has 6 heteroatoms. The fraction of sp³-hybridized carbons (Fsp3) is 0.211. The second kappa shape index (κ2) is 8.63. The van der Waals surface area contributed by atoms with Crippen molar-refractivity contribution in [2.75, 3.05) is 6.61 Å². The van der Waals surface area contributed by atoms with E-state index in [1.165, 1.54) is 0 Å². The van der Waals surface area contributed by atoms with Crippen LogP contribution in [0.3, 0.4) is 0 Å². The van der Waals surface area contributed by atoms with E-state index in [4.69, 9.17) is 4.74 Å². The van der Waals surface area contributed by atoms with Gasteiger partial charge in [-0.2, -0.15) is 0 Å². The predicted octanol–water partition coefficient (Wildman–Crippen LogP) is 2.49. The molecule has 0 aliphatic heterocycles. The van der Waals surface area contributed by atoms with Crippen molar-refractivity contribution in [3.8, 4) is 0 Å². The number of ether oxygens (including phenoxy) is 1. The first-order chi connectivity index (χ1) is 12.0. The monoisotopic (exact) mass is 340 g/mol. The molecule has 0 aromatic heterocycles. The van der Waals surface area contributed by atoms with Crippen LogP contribution in [0.5, 0.6) is 0 Å². The number of urea groups is 1. The van der Waals surface area contributed by atoms with Crippen LogP contribution in [0.1, 0.15) is 27.0 Å². The Morgan fingerprint density at radius 1 is 1.00 bits per heavy atom. The van der Waals surface area contributed by atoms with Crippen molar-refractivity contribution >= 4 is 17.9 Å². The summed E-state index contributed by atoms with van der Waals surface area (Å²) in [7, 11) is 0. The summed E-state index contributed by atoms with van der Waals surface area (Å²) in [5, 5.41) is 4.67. The van der Waals surface area contributed by atoms with Gasteiger partial charge in [-0.3, -0.25) is 10.1 Å². The number of esters is 1. The quantitative estimate of drug-likeness (QED) is 0.819. The topological polar surface area (TPSA) is 84.5 Å². The van der Waals surface area contributed by atoms with E-state index in [9.17, 15) is 14.4 Å². The zero-order valence-electron chi connectivity index (χ0n) is 14.2. The summed E-state index contributed by atoms with van der Waals surface area (Å²) < 4.78 is 4.96.